The summed E-state index contributed by atoms with van der Waals surface area (Å²) in [6, 6.07) is 49.8. The van der Waals surface area contributed by atoms with Crippen molar-refractivity contribution in [3.05, 3.63) is 162 Å². The second kappa shape index (κ2) is 18.1. The average molecular weight is 1010 g/mol. The summed E-state index contributed by atoms with van der Waals surface area (Å²) in [7, 11) is -1.34. The average Bonchev–Trinajstić information content (AvgIpc) is 3.81. The first-order chi connectivity index (χ1) is 28.8. The van der Waals surface area contributed by atoms with Gasteiger partial charge in [0.05, 0.1) is 24.9 Å². The van der Waals surface area contributed by atoms with Crippen LogP contribution in [0.2, 0.25) is 19.6 Å². The van der Waals surface area contributed by atoms with Crippen LogP contribution in [0.4, 0.5) is 0 Å². The summed E-state index contributed by atoms with van der Waals surface area (Å²) in [5.74, 6) is 2.10. The van der Waals surface area contributed by atoms with Crippen molar-refractivity contribution in [1.29, 1.82) is 0 Å². The van der Waals surface area contributed by atoms with Crippen molar-refractivity contribution in [1.82, 2.24) is 19.5 Å². The summed E-state index contributed by atoms with van der Waals surface area (Å²) in [6.07, 6.45) is 2.09. The summed E-state index contributed by atoms with van der Waals surface area (Å²) >= 11 is 1.73. The fourth-order valence-electron chi connectivity index (χ4n) is 8.15. The molecule has 0 aliphatic heterocycles. The summed E-state index contributed by atoms with van der Waals surface area (Å²) < 4.78 is 3.59. The van der Waals surface area contributed by atoms with Gasteiger partial charge in [0.25, 0.3) is 0 Å². The first-order valence-corrected chi connectivity index (χ1v) is 25.5. The van der Waals surface area contributed by atoms with Crippen LogP contribution in [-0.2, 0) is 20.1 Å². The van der Waals surface area contributed by atoms with Gasteiger partial charge >= 0.3 is 0 Å². The molecule has 0 fully saturated rings. The van der Waals surface area contributed by atoms with Gasteiger partial charge in [-0.2, -0.15) is 11.3 Å². The molecule has 61 heavy (non-hydrogen) atoms. The largest absolute Gasteiger partial charge is 0.333 e. The number of imidazole rings is 1. The predicted molar refractivity (Wildman–Crippen MR) is 260 cm³/mol. The zero-order chi connectivity index (χ0) is 42.3. The van der Waals surface area contributed by atoms with Crippen molar-refractivity contribution in [2.75, 3.05) is 0 Å². The van der Waals surface area contributed by atoms with Gasteiger partial charge in [-0.1, -0.05) is 127 Å². The summed E-state index contributed by atoms with van der Waals surface area (Å²) in [5, 5.41) is 3.87. The molecule has 7 heteroatoms. The molecular weight excluding hydrogens is 957 g/mol. The molecule has 9 rings (SSSR count). The Kier molecular flexibility index (Phi) is 13.1. The van der Waals surface area contributed by atoms with Crippen LogP contribution < -0.4 is 5.19 Å². The molecular formula is C54H54IrN4SSi-2. The third-order valence-electron chi connectivity index (χ3n) is 11.3. The van der Waals surface area contributed by atoms with Gasteiger partial charge in [-0.15, -0.1) is 59.7 Å². The van der Waals surface area contributed by atoms with Crippen molar-refractivity contribution >= 4 is 55.9 Å². The molecule has 1 radical (unpaired) electrons. The van der Waals surface area contributed by atoms with E-state index in [1.165, 1.54) is 54.2 Å². The fraction of sp³-hybridized carbons (Fsp3) is 0.241. The van der Waals surface area contributed by atoms with Crippen LogP contribution in [0, 0.1) is 19.1 Å². The minimum Gasteiger partial charge on any atom is -0.333 e. The summed E-state index contributed by atoms with van der Waals surface area (Å²) in [5.41, 5.74) is 14.1. The standard InChI is InChI=1S/C37H32N3S.C17H22NSi.Ir/c1-22(2)29-20-27(25-11-7-6-8-12-25)21-30(23(3)4)35(29)40-33-14-10-9-13-32(33)39-36(40)26-16-18-34-31(19-26)28-17-15-24(5)38-37(28)41-34;1-13(2)15-11-16(14-9-7-6-8-10-14)18-12-17(15)19(3,4)5;/h6-15,17-23H,1-5H3;6-9,11-13H,1-5H3;/q2*-1;. The number of pyridine rings is 2. The van der Waals surface area contributed by atoms with Crippen molar-refractivity contribution in [2.45, 2.75) is 85.9 Å². The van der Waals surface area contributed by atoms with Crippen LogP contribution in [0.15, 0.2) is 128 Å². The maximum atomic E-state index is 5.25. The Morgan fingerprint density at radius 3 is 1.97 bits per heavy atom. The fourth-order valence-corrected chi connectivity index (χ4v) is 10.9. The van der Waals surface area contributed by atoms with Crippen LogP contribution in [0.3, 0.4) is 0 Å². The number of benzene rings is 5. The van der Waals surface area contributed by atoms with E-state index >= 15 is 0 Å². The topological polar surface area (TPSA) is 43.6 Å². The molecule has 4 nitrogen and oxygen atoms in total. The van der Waals surface area contributed by atoms with Crippen molar-refractivity contribution in [3.63, 3.8) is 0 Å². The Labute approximate surface area is 380 Å². The van der Waals surface area contributed by atoms with Crippen molar-refractivity contribution < 1.29 is 20.1 Å². The molecule has 0 amide bonds. The molecule has 0 unspecified atom stereocenters. The van der Waals surface area contributed by atoms with Crippen LogP contribution in [-0.4, -0.2) is 27.6 Å². The SMILES string of the molecule is CC(C)c1cc(-c2[c-]cccc2)ncc1[Si](C)(C)C.Cc1ccc2c(n1)sc1c[c-]c(-c3nc4ccccc4n3-c3c(C(C)C)cc(-c4ccccc4)cc3C(C)C)cc12.[Ir]. The first-order valence-electron chi connectivity index (χ1n) is 21.2. The number of thiophene rings is 1. The molecule has 0 saturated carbocycles. The Bertz CT molecular complexity index is 2930. The van der Waals surface area contributed by atoms with Gasteiger partial charge < -0.3 is 9.55 Å². The van der Waals surface area contributed by atoms with Gasteiger partial charge in [0, 0.05) is 37.7 Å². The third kappa shape index (κ3) is 8.99. The normalized spacial score (nSPS) is 11.8. The van der Waals surface area contributed by atoms with Gasteiger partial charge in [-0.3, -0.25) is 4.98 Å². The summed E-state index contributed by atoms with van der Waals surface area (Å²) in [6.45, 7) is 22.9. The minimum absolute atomic E-state index is 0. The second-order valence-corrected chi connectivity index (χ2v) is 23.9. The van der Waals surface area contributed by atoms with Gasteiger partial charge in [-0.25, -0.2) is 4.98 Å². The number of para-hydroxylation sites is 2. The maximum absolute atomic E-state index is 5.25. The zero-order valence-electron chi connectivity index (χ0n) is 36.9. The van der Waals surface area contributed by atoms with Crippen molar-refractivity contribution in [3.8, 4) is 39.5 Å². The first kappa shape index (κ1) is 44.0. The van der Waals surface area contributed by atoms with E-state index in [0.29, 0.717) is 17.8 Å². The second-order valence-electron chi connectivity index (χ2n) is 17.8. The Hall–Kier alpha value is -5.04. The van der Waals surface area contributed by atoms with E-state index in [9.17, 15) is 0 Å². The Balaban J connectivity index is 0.000000237. The van der Waals surface area contributed by atoms with Crippen LogP contribution in [0.5, 0.6) is 0 Å². The number of hydrogen-bond donors (Lipinski definition) is 0. The van der Waals surface area contributed by atoms with E-state index in [4.69, 9.17) is 9.97 Å². The summed E-state index contributed by atoms with van der Waals surface area (Å²) in [4.78, 5) is 15.8. The van der Waals surface area contributed by atoms with E-state index in [-0.39, 0.29) is 20.1 Å². The molecule has 311 valence electrons. The van der Waals surface area contributed by atoms with Gasteiger partial charge in [0.15, 0.2) is 0 Å². The van der Waals surface area contributed by atoms with Crippen LogP contribution in [0.25, 0.3) is 70.8 Å². The van der Waals surface area contributed by atoms with Gasteiger partial charge in [0.1, 0.15) is 4.83 Å². The number of aromatic nitrogens is 4. The number of hydrogen-bond acceptors (Lipinski definition) is 4. The quantitative estimate of drug-likeness (QED) is 0.113. The molecule has 0 aliphatic rings. The Morgan fingerprint density at radius 1 is 0.639 bits per heavy atom. The molecule has 4 aromatic heterocycles. The van der Waals surface area contributed by atoms with E-state index in [0.717, 1.165) is 44.2 Å². The molecule has 4 heterocycles. The van der Waals surface area contributed by atoms with E-state index in [1.807, 2.05) is 25.1 Å². The Morgan fingerprint density at radius 2 is 1.31 bits per heavy atom. The number of aryl methyl sites for hydroxylation is 1. The molecule has 0 atom stereocenters. The van der Waals surface area contributed by atoms with Crippen LogP contribution >= 0.6 is 11.3 Å². The van der Waals surface area contributed by atoms with E-state index in [1.54, 1.807) is 11.3 Å². The number of nitrogens with zero attached hydrogens (tertiary/aromatic N) is 4. The van der Waals surface area contributed by atoms with E-state index in [2.05, 4.69) is 192 Å². The molecule has 0 N–H and O–H groups in total. The predicted octanol–water partition coefficient (Wildman–Crippen LogP) is 14.7. The molecule has 0 bridgehead atoms. The van der Waals surface area contributed by atoms with Gasteiger partial charge in [0.2, 0.25) is 0 Å². The zero-order valence-corrected chi connectivity index (χ0v) is 41.1. The number of fused-ring (bicyclic) bond motifs is 4. The third-order valence-corrected chi connectivity index (χ3v) is 14.4. The molecule has 9 aromatic rings. The van der Waals surface area contributed by atoms with Crippen molar-refractivity contribution in [2.24, 2.45) is 0 Å². The molecule has 5 aromatic carbocycles. The van der Waals surface area contributed by atoms with E-state index < -0.39 is 8.07 Å². The van der Waals surface area contributed by atoms with Gasteiger partial charge in [-0.05, 0) is 98.2 Å². The maximum Gasteiger partial charge on any atom is 0.114 e. The monoisotopic (exact) mass is 1010 g/mol. The minimum atomic E-state index is -1.34. The molecule has 0 spiro atoms. The number of rotatable bonds is 8. The smallest absolute Gasteiger partial charge is 0.114 e. The van der Waals surface area contributed by atoms with Crippen LogP contribution in [0.1, 0.15) is 81.7 Å². The molecule has 0 aliphatic carbocycles. The molecule has 0 saturated heterocycles.